The molecule has 0 aliphatic carbocycles. The second kappa shape index (κ2) is 12.6. The van der Waals surface area contributed by atoms with Crippen LogP contribution in [0, 0.1) is 0 Å². The van der Waals surface area contributed by atoms with Crippen molar-refractivity contribution in [2.45, 2.75) is 51.6 Å². The number of aryl methyl sites for hydroxylation is 1. The number of anilines is 2. The summed E-state index contributed by atoms with van der Waals surface area (Å²) in [6.07, 6.45) is 3.09. The molecule has 11 nitrogen and oxygen atoms in total. The summed E-state index contributed by atoms with van der Waals surface area (Å²) in [6.45, 7) is 10.8. The third-order valence-electron chi connectivity index (χ3n) is 8.96. The average Bonchev–Trinajstić information content (AvgIpc) is 3.55. The van der Waals surface area contributed by atoms with Gasteiger partial charge in [0.15, 0.2) is 5.75 Å². The van der Waals surface area contributed by atoms with E-state index in [4.69, 9.17) is 4.74 Å². The van der Waals surface area contributed by atoms with Crippen molar-refractivity contribution in [3.8, 4) is 5.75 Å². The molecule has 1 aromatic heterocycles. The molecule has 2 N–H and O–H groups in total. The third-order valence-corrected chi connectivity index (χ3v) is 9.55. The quantitative estimate of drug-likeness (QED) is 0.385. The number of piperazine rings is 1. The Bertz CT molecular complexity index is 1700. The van der Waals surface area contributed by atoms with Crippen LogP contribution in [-0.2, 0) is 33.8 Å². The van der Waals surface area contributed by atoms with E-state index in [1.165, 1.54) is 7.11 Å². The first-order chi connectivity index (χ1) is 21.2. The van der Waals surface area contributed by atoms with Crippen molar-refractivity contribution >= 4 is 44.1 Å². The number of benzene rings is 2. The molecule has 2 aromatic carbocycles. The highest BCUT2D eigenvalue weighted by molar-refractivity contribution is 7.92. The summed E-state index contributed by atoms with van der Waals surface area (Å²) in [5, 5.41) is 3.94. The van der Waals surface area contributed by atoms with Gasteiger partial charge in [-0.05, 0) is 61.2 Å². The molecular formula is C33H46N6O5S. The van der Waals surface area contributed by atoms with Crippen LogP contribution < -0.4 is 14.8 Å². The number of para-hydroxylation sites is 1. The van der Waals surface area contributed by atoms with Gasteiger partial charge in [0.2, 0.25) is 15.9 Å². The number of carbonyl (C=O) groups is 2. The Morgan fingerprint density at radius 1 is 1.00 bits per heavy atom. The average molecular weight is 639 g/mol. The Kier molecular flexibility index (Phi) is 9.21. The molecule has 0 bridgehead atoms. The topological polar surface area (TPSA) is 116 Å². The molecule has 1 atom stereocenters. The normalized spacial score (nSPS) is 18.4. The Hall–Kier alpha value is -3.61. The summed E-state index contributed by atoms with van der Waals surface area (Å²) in [5.74, 6) is 0.149. The molecule has 2 fully saturated rings. The summed E-state index contributed by atoms with van der Waals surface area (Å²) in [7, 11) is 1.77. The number of fused-ring (bicyclic) bond motifs is 1. The SMILES string of the molecule is COc1c(NC(=O)c2cc3cccc(CN4CCN(C(=O)[C@H]5CCCN5C)CC4)c3n2C)cc(C(C)(C)C)cc1NS(C)(=O)=O. The van der Waals surface area contributed by atoms with Crippen molar-refractivity contribution in [3.05, 3.63) is 53.2 Å². The molecule has 3 heterocycles. The Labute approximate surface area is 266 Å². The standard InChI is InChI=1S/C33H46N6O5S/c1-33(2,3)24-19-25(30(44-6)26(20-24)35-45(7,42)43)34-31(40)28-18-22-10-8-11-23(29(22)37(28)5)21-38-14-16-39(17-15-38)32(41)27-12-9-13-36(27)4/h8,10-11,18-20,27,35H,9,12-17,21H2,1-7H3,(H,34,40)/t27-/m1/s1. The summed E-state index contributed by atoms with van der Waals surface area (Å²) < 4.78 is 34.3. The summed E-state index contributed by atoms with van der Waals surface area (Å²) in [4.78, 5) is 33.4. The minimum atomic E-state index is -3.60. The first kappa shape index (κ1) is 32.8. The maximum Gasteiger partial charge on any atom is 0.272 e. The van der Waals surface area contributed by atoms with Crippen molar-refractivity contribution in [1.82, 2.24) is 19.3 Å². The van der Waals surface area contributed by atoms with Crippen LogP contribution in [-0.4, -0.2) is 98.7 Å². The largest absolute Gasteiger partial charge is 0.492 e. The zero-order chi connectivity index (χ0) is 32.7. The molecule has 0 radical (unpaired) electrons. The summed E-state index contributed by atoms with van der Waals surface area (Å²) >= 11 is 0. The lowest BCUT2D eigenvalue weighted by Crippen LogP contribution is -2.52. The molecule has 0 spiro atoms. The number of nitrogens with one attached hydrogen (secondary N) is 2. The number of hydrogen-bond donors (Lipinski definition) is 2. The van der Waals surface area contributed by atoms with Crippen molar-refractivity contribution in [3.63, 3.8) is 0 Å². The number of methoxy groups -OCH3 is 1. The predicted octanol–water partition coefficient (Wildman–Crippen LogP) is 3.85. The number of amides is 2. The van der Waals surface area contributed by atoms with Crippen LogP contribution in [0.1, 0.15) is 55.2 Å². The zero-order valence-corrected chi connectivity index (χ0v) is 28.3. The fourth-order valence-electron chi connectivity index (χ4n) is 6.48. The number of hydrogen-bond acceptors (Lipinski definition) is 7. The van der Waals surface area contributed by atoms with E-state index in [-0.39, 0.29) is 34.7 Å². The molecule has 45 heavy (non-hydrogen) atoms. The van der Waals surface area contributed by atoms with Gasteiger partial charge in [-0.25, -0.2) is 8.42 Å². The fourth-order valence-corrected chi connectivity index (χ4v) is 7.03. The second-order valence-electron chi connectivity index (χ2n) is 13.4. The Morgan fingerprint density at radius 2 is 1.69 bits per heavy atom. The molecule has 244 valence electrons. The van der Waals surface area contributed by atoms with Gasteiger partial charge in [0.1, 0.15) is 5.69 Å². The van der Waals surface area contributed by atoms with Gasteiger partial charge < -0.3 is 19.5 Å². The highest BCUT2D eigenvalue weighted by Gasteiger charge is 2.33. The maximum absolute atomic E-state index is 13.8. The van der Waals surface area contributed by atoms with Gasteiger partial charge in [0.05, 0.1) is 36.3 Å². The van der Waals surface area contributed by atoms with Gasteiger partial charge in [-0.1, -0.05) is 39.0 Å². The number of likely N-dealkylation sites (tertiary alicyclic amines) is 1. The van der Waals surface area contributed by atoms with E-state index >= 15 is 0 Å². The fraction of sp³-hybridized carbons (Fsp3) is 0.515. The minimum Gasteiger partial charge on any atom is -0.492 e. The van der Waals surface area contributed by atoms with Crippen LogP contribution in [0.3, 0.4) is 0 Å². The van der Waals surface area contributed by atoms with Gasteiger partial charge in [0.25, 0.3) is 5.91 Å². The molecule has 5 rings (SSSR count). The van der Waals surface area contributed by atoms with Crippen LogP contribution in [0.15, 0.2) is 36.4 Å². The molecule has 2 amide bonds. The molecule has 0 saturated carbocycles. The van der Waals surface area contributed by atoms with E-state index in [9.17, 15) is 18.0 Å². The smallest absolute Gasteiger partial charge is 0.272 e. The zero-order valence-electron chi connectivity index (χ0n) is 27.4. The van der Waals surface area contributed by atoms with Crippen molar-refractivity contribution in [2.75, 3.05) is 63.2 Å². The van der Waals surface area contributed by atoms with Crippen LogP contribution >= 0.6 is 0 Å². The van der Waals surface area contributed by atoms with E-state index in [2.05, 4.69) is 25.9 Å². The number of rotatable bonds is 8. The van der Waals surface area contributed by atoms with Gasteiger partial charge in [-0.3, -0.25) is 24.1 Å². The Balaban J connectivity index is 1.36. The number of nitrogens with zero attached hydrogens (tertiary/aromatic N) is 4. The lowest BCUT2D eigenvalue weighted by atomic mass is 9.86. The van der Waals surface area contributed by atoms with Crippen molar-refractivity contribution in [1.29, 1.82) is 0 Å². The van der Waals surface area contributed by atoms with E-state index in [1.807, 2.05) is 68.6 Å². The van der Waals surface area contributed by atoms with Gasteiger partial charge in [-0.15, -0.1) is 0 Å². The monoisotopic (exact) mass is 638 g/mol. The molecule has 2 aliphatic heterocycles. The number of aromatic nitrogens is 1. The number of sulfonamides is 1. The van der Waals surface area contributed by atoms with E-state index in [0.29, 0.717) is 31.0 Å². The Morgan fingerprint density at radius 3 is 2.29 bits per heavy atom. The lowest BCUT2D eigenvalue weighted by molar-refractivity contribution is -0.137. The van der Waals surface area contributed by atoms with Gasteiger partial charge in [-0.2, -0.15) is 0 Å². The second-order valence-corrected chi connectivity index (χ2v) is 15.1. The van der Waals surface area contributed by atoms with Crippen molar-refractivity contribution < 1.29 is 22.7 Å². The van der Waals surface area contributed by atoms with Crippen molar-refractivity contribution in [2.24, 2.45) is 7.05 Å². The lowest BCUT2D eigenvalue weighted by Gasteiger charge is -2.37. The number of likely N-dealkylation sites (N-methyl/N-ethyl adjacent to an activating group) is 1. The van der Waals surface area contributed by atoms with Gasteiger partial charge >= 0.3 is 0 Å². The molecule has 12 heteroatoms. The molecule has 2 saturated heterocycles. The number of carbonyl (C=O) groups excluding carboxylic acids is 2. The molecule has 2 aliphatic rings. The van der Waals surface area contributed by atoms with Crippen LogP contribution in [0.2, 0.25) is 0 Å². The minimum absolute atomic E-state index is 0.0108. The first-order valence-corrected chi connectivity index (χ1v) is 17.4. The third kappa shape index (κ3) is 7.13. The highest BCUT2D eigenvalue weighted by atomic mass is 32.2. The first-order valence-electron chi connectivity index (χ1n) is 15.5. The highest BCUT2D eigenvalue weighted by Crippen LogP contribution is 2.39. The van der Waals surface area contributed by atoms with E-state index in [0.717, 1.165) is 60.8 Å². The molecular weight excluding hydrogens is 592 g/mol. The maximum atomic E-state index is 13.8. The van der Waals surface area contributed by atoms with Crippen LogP contribution in [0.5, 0.6) is 5.75 Å². The van der Waals surface area contributed by atoms with Crippen LogP contribution in [0.4, 0.5) is 11.4 Å². The van der Waals surface area contributed by atoms with E-state index < -0.39 is 10.0 Å². The van der Waals surface area contributed by atoms with E-state index in [1.54, 1.807) is 6.07 Å². The van der Waals surface area contributed by atoms with Crippen LogP contribution in [0.25, 0.3) is 10.9 Å². The molecule has 3 aromatic rings. The summed E-state index contributed by atoms with van der Waals surface area (Å²) in [5.41, 5.74) is 3.71. The van der Waals surface area contributed by atoms with Gasteiger partial charge in [0, 0.05) is 45.2 Å². The molecule has 0 unspecified atom stereocenters. The number of ether oxygens (including phenoxy) is 1. The predicted molar refractivity (Wildman–Crippen MR) is 179 cm³/mol. The summed E-state index contributed by atoms with van der Waals surface area (Å²) in [6, 6.07) is 11.5.